The molecule has 18 aromatic rings. The Kier molecular flexibility index (Phi) is 18.3. The Morgan fingerprint density at radius 3 is 0.559 bits per heavy atom. The lowest BCUT2D eigenvalue weighted by atomic mass is 10.0. The van der Waals surface area contributed by atoms with Crippen LogP contribution >= 0.6 is 0 Å². The minimum atomic E-state index is 0. The minimum absolute atomic E-state index is 0. The summed E-state index contributed by atoms with van der Waals surface area (Å²) in [7, 11) is 12.9. The average molecular weight is 1220 g/mol. The molecule has 0 saturated heterocycles. The molecule has 0 spiro atoms. The molecule has 12 aromatic carbocycles. The summed E-state index contributed by atoms with van der Waals surface area (Å²) >= 11 is 0. The van der Waals surface area contributed by atoms with Gasteiger partial charge in [0.15, 0.2) is 0 Å². The Labute approximate surface area is 549 Å². The third kappa shape index (κ3) is 10.9. The van der Waals surface area contributed by atoms with Crippen LogP contribution in [0, 0.1) is 0 Å². The molecule has 0 fully saturated rings. The monoisotopic (exact) mass is 1220 g/mol. The van der Waals surface area contributed by atoms with Crippen molar-refractivity contribution in [3.05, 3.63) is 288 Å². The molecule has 93 heavy (non-hydrogen) atoms. The maximum absolute atomic E-state index is 2.37. The van der Waals surface area contributed by atoms with Gasteiger partial charge in [-0.1, -0.05) is 202 Å². The van der Waals surface area contributed by atoms with E-state index in [0.29, 0.717) is 0 Å². The zero-order valence-corrected chi connectivity index (χ0v) is 50.1. The minimum Gasteiger partial charge on any atom is -0.344 e. The van der Waals surface area contributed by atoms with Crippen molar-refractivity contribution in [2.75, 3.05) is 0 Å². The van der Waals surface area contributed by atoms with Crippen molar-refractivity contribution < 1.29 is 0 Å². The predicted octanol–water partition coefficient (Wildman–Crippen LogP) is 23.5. The third-order valence-corrected chi connectivity index (χ3v) is 19.1. The fourth-order valence-corrected chi connectivity index (χ4v) is 14.6. The predicted molar refractivity (Wildman–Crippen MR) is 411 cm³/mol. The van der Waals surface area contributed by atoms with Gasteiger partial charge in [0.2, 0.25) is 0 Å². The van der Waals surface area contributed by atoms with Crippen molar-refractivity contribution >= 4 is 131 Å². The van der Waals surface area contributed by atoms with Crippen LogP contribution in [0.2, 0.25) is 0 Å². The van der Waals surface area contributed by atoms with E-state index in [2.05, 4.69) is 324 Å². The fourth-order valence-electron chi connectivity index (χ4n) is 14.6. The molecule has 0 aliphatic heterocycles. The van der Waals surface area contributed by atoms with Crippen LogP contribution in [0.25, 0.3) is 131 Å². The van der Waals surface area contributed by atoms with E-state index < -0.39 is 0 Å². The van der Waals surface area contributed by atoms with Crippen molar-refractivity contribution in [3.63, 3.8) is 0 Å². The fraction of sp³-hybridized carbons (Fsp3) is 0.172. The third-order valence-electron chi connectivity index (χ3n) is 19.1. The van der Waals surface area contributed by atoms with Crippen molar-refractivity contribution in [2.24, 2.45) is 42.3 Å². The van der Waals surface area contributed by atoms with Crippen molar-refractivity contribution in [3.8, 4) is 0 Å². The number of hydrogen-bond donors (Lipinski definition) is 0. The molecule has 0 atom stereocenters. The molecule has 0 aliphatic carbocycles. The van der Waals surface area contributed by atoms with Crippen LogP contribution in [0.5, 0.6) is 0 Å². The van der Waals surface area contributed by atoms with Crippen LogP contribution in [-0.2, 0) is 61.5 Å². The number of hydrogen-bond acceptors (Lipinski definition) is 0. The summed E-state index contributed by atoms with van der Waals surface area (Å²) in [6.45, 7) is 0. The van der Waals surface area contributed by atoms with E-state index in [-0.39, 0.29) is 44.6 Å². The van der Waals surface area contributed by atoms with Crippen LogP contribution < -0.4 is 0 Å². The van der Waals surface area contributed by atoms with Crippen LogP contribution in [0.3, 0.4) is 0 Å². The Morgan fingerprint density at radius 1 is 0.161 bits per heavy atom. The first-order valence-corrected chi connectivity index (χ1v) is 30.4. The van der Waals surface area contributed by atoms with Gasteiger partial charge >= 0.3 is 0 Å². The van der Waals surface area contributed by atoms with Crippen molar-refractivity contribution in [1.82, 2.24) is 27.4 Å². The number of benzene rings is 12. The van der Waals surface area contributed by atoms with E-state index in [0.717, 1.165) is 19.3 Å². The zero-order valence-electron chi connectivity index (χ0n) is 50.1. The SMILES string of the molecule is C.C.C.C.C.C.Cn1c2ccccc2c2cc(Cc3ccc4c(c3)c3ccccc3n4C)ccc21.Cn1c2ccccc2c2cc(Cc3ccc4c5ccccc5n(C)c4c3)ccc21.Cn1c2ccccc2c2cc(Cc3ccc4c5ccccc5n(C)c4c3)ccc21. The Balaban J connectivity index is 0.000000148. The van der Waals surface area contributed by atoms with E-state index in [1.165, 1.54) is 164 Å². The number of rotatable bonds is 6. The number of nitrogens with zero attached hydrogens (tertiary/aromatic N) is 6. The highest BCUT2D eigenvalue weighted by Gasteiger charge is 2.16. The van der Waals surface area contributed by atoms with Gasteiger partial charge in [0, 0.05) is 173 Å². The summed E-state index contributed by atoms with van der Waals surface area (Å²) in [5, 5.41) is 16.0. The highest BCUT2D eigenvalue weighted by atomic mass is 15.0. The number of fused-ring (bicyclic) bond motifs is 18. The molecule has 468 valence electrons. The van der Waals surface area contributed by atoms with Gasteiger partial charge in [0.1, 0.15) is 0 Å². The second-order valence-electron chi connectivity index (χ2n) is 24.1. The molecule has 0 aliphatic rings. The highest BCUT2D eigenvalue weighted by Crippen LogP contribution is 2.36. The topological polar surface area (TPSA) is 29.6 Å². The van der Waals surface area contributed by atoms with Crippen LogP contribution in [0.4, 0.5) is 0 Å². The van der Waals surface area contributed by atoms with Crippen molar-refractivity contribution in [1.29, 1.82) is 0 Å². The van der Waals surface area contributed by atoms with Gasteiger partial charge in [-0.3, -0.25) is 0 Å². The summed E-state index contributed by atoms with van der Waals surface area (Å²) in [6, 6.07) is 93.4. The Morgan fingerprint density at radius 2 is 0.323 bits per heavy atom. The van der Waals surface area contributed by atoms with Crippen LogP contribution in [-0.4, -0.2) is 27.4 Å². The molecule has 0 radical (unpaired) electrons. The average Bonchev–Trinajstić information content (AvgIpc) is 1.67. The van der Waals surface area contributed by atoms with E-state index in [4.69, 9.17) is 0 Å². The number of aryl methyl sites for hydroxylation is 6. The summed E-state index contributed by atoms with van der Waals surface area (Å²) in [5.41, 5.74) is 23.6. The maximum Gasteiger partial charge on any atom is 0.0491 e. The quantitative estimate of drug-likeness (QED) is 0.159. The highest BCUT2D eigenvalue weighted by molar-refractivity contribution is 6.13. The largest absolute Gasteiger partial charge is 0.344 e. The molecule has 0 saturated carbocycles. The van der Waals surface area contributed by atoms with E-state index in [9.17, 15) is 0 Å². The lowest BCUT2D eigenvalue weighted by Gasteiger charge is -2.05. The Hall–Kier alpha value is -10.6. The summed E-state index contributed by atoms with van der Waals surface area (Å²) in [4.78, 5) is 0. The smallest absolute Gasteiger partial charge is 0.0491 e. The van der Waals surface area contributed by atoms with Gasteiger partial charge in [-0.15, -0.1) is 0 Å². The normalized spacial score (nSPS) is 11.2. The van der Waals surface area contributed by atoms with Gasteiger partial charge in [0.25, 0.3) is 0 Å². The molecular weight excluding hydrogens is 1130 g/mol. The van der Waals surface area contributed by atoms with Crippen LogP contribution in [0.15, 0.2) is 255 Å². The standard InChI is InChI=1S/3C27H22N2.6CH4/c2*1-28-25-10-6-4-8-21(25)23-16-18(12-14-26(23)28)15-19-11-13-22-20-7-3-5-9-24(20)29(2)27(22)17-19;1-28-24-9-5-3-7-20(24)22-16-18(11-13-26(22)28)15-19-12-14-27-23(17-19)21-8-4-6-10-25(21)29(27)2;;;;;;/h3*3-14,16-17H,15H2,1-2H3;6*1H4. The lowest BCUT2D eigenvalue weighted by Crippen LogP contribution is -1.91. The zero-order chi connectivity index (χ0) is 58.6. The maximum atomic E-state index is 2.37. The summed E-state index contributed by atoms with van der Waals surface area (Å²) in [6.07, 6.45) is 2.82. The first kappa shape index (κ1) is 65.4. The Bertz CT molecular complexity index is 5400. The molecule has 0 bridgehead atoms. The summed E-state index contributed by atoms with van der Waals surface area (Å²) in [5.74, 6) is 0. The molecule has 0 amide bonds. The van der Waals surface area contributed by atoms with Gasteiger partial charge < -0.3 is 27.4 Å². The molecule has 6 heteroatoms. The molecule has 0 unspecified atom stereocenters. The molecule has 6 heterocycles. The van der Waals surface area contributed by atoms with Gasteiger partial charge in [-0.05, 0) is 150 Å². The molecular formula is C87H90N6. The second-order valence-corrected chi connectivity index (χ2v) is 24.1. The molecule has 0 N–H and O–H groups in total. The van der Waals surface area contributed by atoms with Gasteiger partial charge in [0.05, 0.1) is 0 Å². The van der Waals surface area contributed by atoms with E-state index >= 15 is 0 Å². The lowest BCUT2D eigenvalue weighted by molar-refractivity contribution is 1.01. The van der Waals surface area contributed by atoms with E-state index in [1.807, 2.05) is 0 Å². The molecule has 6 nitrogen and oxygen atoms in total. The van der Waals surface area contributed by atoms with E-state index in [1.54, 1.807) is 0 Å². The first-order chi connectivity index (χ1) is 42.6. The first-order valence-electron chi connectivity index (χ1n) is 30.4. The van der Waals surface area contributed by atoms with Crippen LogP contribution in [0.1, 0.15) is 77.9 Å². The molecule has 6 aromatic heterocycles. The second kappa shape index (κ2) is 26.0. The molecule has 18 rings (SSSR count). The van der Waals surface area contributed by atoms with Crippen molar-refractivity contribution in [2.45, 2.75) is 63.8 Å². The number of para-hydroxylation sites is 6. The van der Waals surface area contributed by atoms with Gasteiger partial charge in [-0.25, -0.2) is 0 Å². The number of aromatic nitrogens is 6. The summed E-state index contributed by atoms with van der Waals surface area (Å²) < 4.78 is 13.8. The van der Waals surface area contributed by atoms with Gasteiger partial charge in [-0.2, -0.15) is 0 Å².